The molecule has 0 radical (unpaired) electrons. The maximum absolute atomic E-state index is 2.32. The largest absolute Gasteiger partial charge is 0.0810 e. The minimum absolute atomic E-state index is 0.717. The molecule has 1 rings (SSSR count). The van der Waals surface area contributed by atoms with Crippen molar-refractivity contribution in [2.45, 2.75) is 33.6 Å². The minimum Gasteiger partial charge on any atom is -0.0810 e. The molecule has 0 spiro atoms. The molecule has 0 heterocycles. The van der Waals surface area contributed by atoms with Crippen LogP contribution in [-0.4, -0.2) is 0 Å². The molecule has 0 saturated carbocycles. The Balaban J connectivity index is 2.81. The summed E-state index contributed by atoms with van der Waals surface area (Å²) < 4.78 is 0. The van der Waals surface area contributed by atoms with Crippen molar-refractivity contribution in [1.82, 2.24) is 0 Å². The first-order chi connectivity index (χ1) is 5.74. The van der Waals surface area contributed by atoms with Crippen LogP contribution in [0.25, 0.3) is 0 Å². The molecule has 1 aliphatic rings. The molecule has 1 aliphatic carbocycles. The van der Waals surface area contributed by atoms with Crippen LogP contribution in [0.1, 0.15) is 33.6 Å². The fourth-order valence-electron chi connectivity index (χ4n) is 1.54. The maximum Gasteiger partial charge on any atom is -0.0194 e. The van der Waals surface area contributed by atoms with Crippen LogP contribution in [0.4, 0.5) is 0 Å². The normalized spacial score (nSPS) is 24.1. The number of hydrogen-bond donors (Lipinski definition) is 0. The van der Waals surface area contributed by atoms with Crippen molar-refractivity contribution in [3.63, 3.8) is 0 Å². The van der Waals surface area contributed by atoms with Crippen LogP contribution in [0.15, 0.2) is 35.5 Å². The summed E-state index contributed by atoms with van der Waals surface area (Å²) >= 11 is 0. The van der Waals surface area contributed by atoms with E-state index < -0.39 is 0 Å². The fraction of sp³-hybridized carbons (Fsp3) is 0.500. The molecule has 1 unspecified atom stereocenters. The molecule has 66 valence electrons. The van der Waals surface area contributed by atoms with E-state index in [1.807, 2.05) is 0 Å². The smallest absolute Gasteiger partial charge is 0.0194 e. The highest BCUT2D eigenvalue weighted by atomic mass is 14.1. The second kappa shape index (κ2) is 4.30. The third-order valence-corrected chi connectivity index (χ3v) is 2.50. The summed E-state index contributed by atoms with van der Waals surface area (Å²) in [6.45, 7) is 6.70. The summed E-state index contributed by atoms with van der Waals surface area (Å²) in [5.74, 6) is 0.717. The van der Waals surface area contributed by atoms with Gasteiger partial charge in [0.15, 0.2) is 0 Å². The van der Waals surface area contributed by atoms with Crippen LogP contribution in [-0.2, 0) is 0 Å². The first-order valence-corrected chi connectivity index (χ1v) is 4.78. The van der Waals surface area contributed by atoms with E-state index in [2.05, 4.69) is 45.1 Å². The Hall–Kier alpha value is -0.780. The molecule has 0 aliphatic heterocycles. The van der Waals surface area contributed by atoms with E-state index in [0.717, 1.165) is 5.92 Å². The summed E-state index contributed by atoms with van der Waals surface area (Å²) in [4.78, 5) is 0. The Morgan fingerprint density at radius 3 is 2.92 bits per heavy atom. The van der Waals surface area contributed by atoms with Crippen LogP contribution >= 0.6 is 0 Å². The zero-order chi connectivity index (χ0) is 8.97. The van der Waals surface area contributed by atoms with E-state index in [-0.39, 0.29) is 0 Å². The molecule has 0 heteroatoms. The minimum atomic E-state index is 0.717. The zero-order valence-electron chi connectivity index (χ0n) is 8.30. The van der Waals surface area contributed by atoms with Gasteiger partial charge in [0.1, 0.15) is 0 Å². The molecule has 0 saturated heterocycles. The van der Waals surface area contributed by atoms with Crippen molar-refractivity contribution in [3.05, 3.63) is 35.5 Å². The molecule has 0 fully saturated rings. The third-order valence-electron chi connectivity index (χ3n) is 2.50. The van der Waals surface area contributed by atoms with Gasteiger partial charge < -0.3 is 0 Å². The van der Waals surface area contributed by atoms with Crippen LogP contribution in [0, 0.1) is 5.92 Å². The van der Waals surface area contributed by atoms with Gasteiger partial charge in [0.25, 0.3) is 0 Å². The van der Waals surface area contributed by atoms with Gasteiger partial charge in [-0.15, -0.1) is 0 Å². The van der Waals surface area contributed by atoms with Crippen molar-refractivity contribution < 1.29 is 0 Å². The number of rotatable bonds is 1. The third kappa shape index (κ3) is 2.37. The van der Waals surface area contributed by atoms with E-state index in [1.54, 1.807) is 5.57 Å². The highest BCUT2D eigenvalue weighted by Crippen LogP contribution is 2.21. The molecule has 12 heavy (non-hydrogen) atoms. The van der Waals surface area contributed by atoms with E-state index in [1.165, 1.54) is 18.4 Å². The fourth-order valence-corrected chi connectivity index (χ4v) is 1.54. The zero-order valence-corrected chi connectivity index (χ0v) is 8.30. The molecule has 0 amide bonds. The highest BCUT2D eigenvalue weighted by Gasteiger charge is 2.05. The van der Waals surface area contributed by atoms with Gasteiger partial charge in [0, 0.05) is 0 Å². The van der Waals surface area contributed by atoms with Crippen LogP contribution in [0.3, 0.4) is 0 Å². The van der Waals surface area contributed by atoms with Crippen LogP contribution < -0.4 is 0 Å². The van der Waals surface area contributed by atoms with Crippen LogP contribution in [0.2, 0.25) is 0 Å². The van der Waals surface area contributed by atoms with Gasteiger partial charge in [-0.2, -0.15) is 0 Å². The average Bonchev–Trinajstić information content (AvgIpc) is 2.06. The van der Waals surface area contributed by atoms with E-state index in [0.29, 0.717) is 0 Å². The topological polar surface area (TPSA) is 0 Å². The summed E-state index contributed by atoms with van der Waals surface area (Å²) in [6.07, 6.45) is 11.3. The summed E-state index contributed by atoms with van der Waals surface area (Å²) in [6, 6.07) is 0. The molecule has 0 aromatic carbocycles. The predicted octanol–water partition coefficient (Wildman–Crippen LogP) is 3.87. The molecular weight excluding hydrogens is 144 g/mol. The Morgan fingerprint density at radius 2 is 2.25 bits per heavy atom. The second-order valence-corrected chi connectivity index (χ2v) is 3.54. The Kier molecular flexibility index (Phi) is 3.33. The molecular formula is C12H18. The molecule has 0 nitrogen and oxygen atoms in total. The van der Waals surface area contributed by atoms with Crippen molar-refractivity contribution in [2.75, 3.05) is 0 Å². The summed E-state index contributed by atoms with van der Waals surface area (Å²) in [5, 5.41) is 0. The average molecular weight is 162 g/mol. The van der Waals surface area contributed by atoms with Gasteiger partial charge in [-0.05, 0) is 25.7 Å². The first kappa shape index (κ1) is 9.31. The molecule has 0 aromatic heterocycles. The second-order valence-electron chi connectivity index (χ2n) is 3.54. The monoisotopic (exact) mass is 162 g/mol. The Bertz CT molecular complexity index is 228. The quantitative estimate of drug-likeness (QED) is 0.549. The van der Waals surface area contributed by atoms with Gasteiger partial charge in [0.05, 0.1) is 0 Å². The van der Waals surface area contributed by atoms with E-state index >= 15 is 0 Å². The van der Waals surface area contributed by atoms with E-state index in [4.69, 9.17) is 0 Å². The van der Waals surface area contributed by atoms with Crippen molar-refractivity contribution in [2.24, 2.45) is 5.92 Å². The van der Waals surface area contributed by atoms with Crippen molar-refractivity contribution in [1.29, 1.82) is 0 Å². The van der Waals surface area contributed by atoms with Gasteiger partial charge >= 0.3 is 0 Å². The Labute approximate surface area is 75.7 Å². The molecule has 0 aromatic rings. The molecule has 0 bridgehead atoms. The summed E-state index contributed by atoms with van der Waals surface area (Å²) in [7, 11) is 0. The van der Waals surface area contributed by atoms with E-state index in [9.17, 15) is 0 Å². The molecule has 1 atom stereocenters. The van der Waals surface area contributed by atoms with Gasteiger partial charge in [-0.1, -0.05) is 49.3 Å². The van der Waals surface area contributed by atoms with Gasteiger partial charge in [0.2, 0.25) is 0 Å². The van der Waals surface area contributed by atoms with Crippen molar-refractivity contribution >= 4 is 0 Å². The molecule has 0 N–H and O–H groups in total. The first-order valence-electron chi connectivity index (χ1n) is 4.78. The Morgan fingerprint density at radius 1 is 1.50 bits per heavy atom. The number of allylic oxidation sites excluding steroid dienone is 6. The van der Waals surface area contributed by atoms with Gasteiger partial charge in [-0.25, -0.2) is 0 Å². The van der Waals surface area contributed by atoms with Crippen LogP contribution in [0.5, 0.6) is 0 Å². The maximum atomic E-state index is 2.32. The SMILES string of the molecule is CCC1=CC=CC(C)=CCC1C. The standard InChI is InChI=1S/C12H18/c1-4-12-7-5-6-10(2)8-9-11(12)3/h5-8,11H,4,9H2,1-3H3. The highest BCUT2D eigenvalue weighted by molar-refractivity contribution is 5.26. The lowest BCUT2D eigenvalue weighted by Crippen LogP contribution is -1.98. The van der Waals surface area contributed by atoms with Crippen molar-refractivity contribution in [3.8, 4) is 0 Å². The summed E-state index contributed by atoms with van der Waals surface area (Å²) in [5.41, 5.74) is 2.95. The predicted molar refractivity (Wildman–Crippen MR) is 55.1 cm³/mol. The number of hydrogen-bond acceptors (Lipinski definition) is 0. The van der Waals surface area contributed by atoms with Gasteiger partial charge in [-0.3, -0.25) is 0 Å². The lowest BCUT2D eigenvalue weighted by molar-refractivity contribution is 0.665. The lowest BCUT2D eigenvalue weighted by Gasteiger charge is -2.13. The lowest BCUT2D eigenvalue weighted by atomic mass is 9.92.